The van der Waals surface area contributed by atoms with Gasteiger partial charge in [0.2, 0.25) is 6.29 Å². The highest BCUT2D eigenvalue weighted by atomic mass is 19.1. The number of halogens is 1. The van der Waals surface area contributed by atoms with Gasteiger partial charge in [0, 0.05) is 0 Å². The Labute approximate surface area is 70.2 Å². The van der Waals surface area contributed by atoms with E-state index in [0.717, 1.165) is 12.8 Å². The zero-order chi connectivity index (χ0) is 8.55. The highest BCUT2D eigenvalue weighted by molar-refractivity contribution is 5.76. The average molecular weight is 163 g/mol. The van der Waals surface area contributed by atoms with Gasteiger partial charge in [-0.05, 0) is 30.4 Å². The van der Waals surface area contributed by atoms with Gasteiger partial charge in [-0.2, -0.15) is 0 Å². The molecule has 0 atom stereocenters. The van der Waals surface area contributed by atoms with E-state index in [1.54, 1.807) is 18.4 Å². The third-order valence-electron chi connectivity index (χ3n) is 2.16. The van der Waals surface area contributed by atoms with Crippen LogP contribution < -0.4 is 0 Å². The van der Waals surface area contributed by atoms with Crippen LogP contribution in [0.5, 0.6) is 0 Å². The third-order valence-corrected chi connectivity index (χ3v) is 2.16. The number of hydrogen-bond acceptors (Lipinski definition) is 1. The maximum atomic E-state index is 13.3. The molecule has 0 saturated heterocycles. The first-order valence-corrected chi connectivity index (χ1v) is 3.99. The van der Waals surface area contributed by atoms with Crippen LogP contribution in [-0.2, 0) is 4.79 Å². The molecule has 1 aliphatic rings. The van der Waals surface area contributed by atoms with Gasteiger partial charge in [0.1, 0.15) is 5.82 Å². The lowest BCUT2D eigenvalue weighted by atomic mass is 10.1. The average Bonchev–Trinajstić information content (AvgIpc) is 2.88. The van der Waals surface area contributed by atoms with Gasteiger partial charge in [-0.3, -0.25) is 4.79 Å². The fourth-order valence-corrected chi connectivity index (χ4v) is 1.34. The van der Waals surface area contributed by atoms with Crippen LogP contribution in [0.3, 0.4) is 0 Å². The van der Waals surface area contributed by atoms with E-state index in [2.05, 4.69) is 0 Å². The third kappa shape index (κ3) is 1.13. The second-order valence-corrected chi connectivity index (χ2v) is 3.09. The van der Waals surface area contributed by atoms with Crippen molar-refractivity contribution in [3.05, 3.63) is 35.1 Å². The second-order valence-electron chi connectivity index (χ2n) is 3.09. The predicted molar refractivity (Wildman–Crippen MR) is 43.2 cm³/mol. The Kier molecular flexibility index (Phi) is 1.68. The summed E-state index contributed by atoms with van der Waals surface area (Å²) in [5.74, 6) is -0.0340. The molecule has 1 aromatic rings. The topological polar surface area (TPSA) is 17.1 Å². The molecule has 1 fully saturated rings. The molecule has 0 aliphatic heterocycles. The van der Waals surface area contributed by atoms with Crippen molar-refractivity contribution in [3.8, 4) is 0 Å². The predicted octanol–water partition coefficient (Wildman–Crippen LogP) is 2.16. The van der Waals surface area contributed by atoms with Crippen LogP contribution in [0, 0.1) is 5.82 Å². The van der Waals surface area contributed by atoms with Crippen molar-refractivity contribution in [2.45, 2.75) is 18.8 Å². The van der Waals surface area contributed by atoms with Crippen LogP contribution in [0.15, 0.2) is 18.2 Å². The van der Waals surface area contributed by atoms with E-state index in [9.17, 15) is 9.18 Å². The van der Waals surface area contributed by atoms with Gasteiger partial charge in [0.15, 0.2) is 0 Å². The number of rotatable bonds is 2. The molecule has 0 amide bonds. The minimum atomic E-state index is -0.380. The maximum absolute atomic E-state index is 13.3. The fraction of sp³-hybridized carbons (Fsp3) is 0.300. The van der Waals surface area contributed by atoms with E-state index in [-0.39, 0.29) is 11.4 Å². The van der Waals surface area contributed by atoms with Gasteiger partial charge in [0.25, 0.3) is 0 Å². The first-order chi connectivity index (χ1) is 5.83. The van der Waals surface area contributed by atoms with E-state index in [4.69, 9.17) is 0 Å². The van der Waals surface area contributed by atoms with Gasteiger partial charge in [0.05, 0.1) is 5.56 Å². The largest absolute Gasteiger partial charge is 0.285 e. The molecule has 2 heteroatoms. The van der Waals surface area contributed by atoms with E-state index in [1.807, 2.05) is 0 Å². The first-order valence-electron chi connectivity index (χ1n) is 3.99. The quantitative estimate of drug-likeness (QED) is 0.653. The van der Waals surface area contributed by atoms with E-state index in [0.29, 0.717) is 11.5 Å². The molecule has 1 radical (unpaired) electrons. The maximum Gasteiger partial charge on any atom is 0.236 e. The smallest absolute Gasteiger partial charge is 0.236 e. The summed E-state index contributed by atoms with van der Waals surface area (Å²) in [6.45, 7) is 0. The lowest BCUT2D eigenvalue weighted by molar-refractivity contribution is 0.554. The van der Waals surface area contributed by atoms with Crippen LogP contribution in [0.2, 0.25) is 0 Å². The van der Waals surface area contributed by atoms with Crippen LogP contribution in [-0.4, -0.2) is 6.29 Å². The molecule has 0 spiro atoms. The lowest BCUT2D eigenvalue weighted by Crippen LogP contribution is -1.93. The molecule has 1 saturated carbocycles. The molecular weight excluding hydrogens is 155 g/mol. The summed E-state index contributed by atoms with van der Waals surface area (Å²) in [7, 11) is 0. The summed E-state index contributed by atoms with van der Waals surface area (Å²) in [6.07, 6.45) is 3.68. The Bertz CT molecular complexity index is 316. The van der Waals surface area contributed by atoms with Gasteiger partial charge in [-0.1, -0.05) is 12.1 Å². The van der Waals surface area contributed by atoms with E-state index < -0.39 is 0 Å². The van der Waals surface area contributed by atoms with Crippen molar-refractivity contribution in [1.29, 1.82) is 0 Å². The standard InChI is InChI=1S/C10H8FO/c11-10-8(6-12)2-1-3-9(10)7-4-5-7/h1-3,7H,4-5H2. The van der Waals surface area contributed by atoms with Crippen LogP contribution >= 0.6 is 0 Å². The van der Waals surface area contributed by atoms with E-state index >= 15 is 0 Å². The Morgan fingerprint density at radius 1 is 1.42 bits per heavy atom. The molecule has 1 aromatic carbocycles. The molecule has 12 heavy (non-hydrogen) atoms. The fourth-order valence-electron chi connectivity index (χ4n) is 1.34. The number of carbonyl (C=O) groups excluding carboxylic acids is 1. The zero-order valence-electron chi connectivity index (χ0n) is 6.51. The minimum absolute atomic E-state index is 0.0550. The van der Waals surface area contributed by atoms with Crippen molar-refractivity contribution >= 4 is 6.29 Å². The molecule has 61 valence electrons. The Morgan fingerprint density at radius 2 is 2.17 bits per heavy atom. The highest BCUT2D eigenvalue weighted by Crippen LogP contribution is 2.41. The number of benzene rings is 1. The normalized spacial score (nSPS) is 16.1. The van der Waals surface area contributed by atoms with Crippen LogP contribution in [0.1, 0.15) is 29.9 Å². The Hall–Kier alpha value is -1.18. The van der Waals surface area contributed by atoms with Crippen molar-refractivity contribution in [2.24, 2.45) is 0 Å². The molecule has 0 bridgehead atoms. The molecular formula is C10H8FO. The molecule has 0 N–H and O–H groups in total. The van der Waals surface area contributed by atoms with Crippen LogP contribution in [0.4, 0.5) is 4.39 Å². The minimum Gasteiger partial charge on any atom is -0.285 e. The molecule has 0 heterocycles. The first kappa shape index (κ1) is 7.47. The zero-order valence-corrected chi connectivity index (χ0v) is 6.51. The summed E-state index contributed by atoms with van der Waals surface area (Å²) < 4.78 is 13.3. The summed E-state index contributed by atoms with van der Waals surface area (Å²) in [5, 5.41) is 0. The Morgan fingerprint density at radius 3 is 2.75 bits per heavy atom. The lowest BCUT2D eigenvalue weighted by Gasteiger charge is -2.00. The summed E-state index contributed by atoms with van der Waals surface area (Å²) in [6, 6.07) is 4.90. The summed E-state index contributed by atoms with van der Waals surface area (Å²) in [4.78, 5) is 10.3. The van der Waals surface area contributed by atoms with Crippen molar-refractivity contribution < 1.29 is 9.18 Å². The van der Waals surface area contributed by atoms with Crippen molar-refractivity contribution in [1.82, 2.24) is 0 Å². The van der Waals surface area contributed by atoms with Crippen molar-refractivity contribution in [2.75, 3.05) is 0 Å². The van der Waals surface area contributed by atoms with Crippen molar-refractivity contribution in [3.63, 3.8) is 0 Å². The molecule has 2 rings (SSSR count). The summed E-state index contributed by atoms with van der Waals surface area (Å²) in [5.41, 5.74) is 0.732. The SMILES string of the molecule is O=[C]c1cccc(C2CC2)c1F. The van der Waals surface area contributed by atoms with Gasteiger partial charge in [-0.25, -0.2) is 4.39 Å². The Balaban J connectivity index is 2.47. The van der Waals surface area contributed by atoms with Gasteiger partial charge in [-0.15, -0.1) is 0 Å². The molecule has 1 nitrogen and oxygen atoms in total. The molecule has 1 aliphatic carbocycles. The summed E-state index contributed by atoms with van der Waals surface area (Å²) >= 11 is 0. The highest BCUT2D eigenvalue weighted by Gasteiger charge is 2.27. The van der Waals surface area contributed by atoms with Gasteiger partial charge < -0.3 is 0 Å². The number of hydrogen-bond donors (Lipinski definition) is 0. The molecule has 0 unspecified atom stereocenters. The van der Waals surface area contributed by atoms with E-state index in [1.165, 1.54) is 6.07 Å². The monoisotopic (exact) mass is 163 g/mol. The second kappa shape index (κ2) is 2.70. The van der Waals surface area contributed by atoms with Crippen LogP contribution in [0.25, 0.3) is 0 Å². The molecule has 0 aromatic heterocycles. The van der Waals surface area contributed by atoms with Gasteiger partial charge >= 0.3 is 0 Å².